The Balaban J connectivity index is 3.45. The summed E-state index contributed by atoms with van der Waals surface area (Å²) in [6, 6.07) is 0. The van der Waals surface area contributed by atoms with Crippen LogP contribution in [0.4, 0.5) is 0 Å². The van der Waals surface area contributed by atoms with Crippen LogP contribution in [0.15, 0.2) is 0 Å². The van der Waals surface area contributed by atoms with Crippen LogP contribution in [0, 0.1) is 20.8 Å². The fraction of sp³-hybridized carbons (Fsp3) is 0.417. The fourth-order valence-corrected chi connectivity index (χ4v) is 2.00. The molecule has 0 heterocycles. The van der Waals surface area contributed by atoms with Crippen molar-refractivity contribution in [2.45, 2.75) is 27.2 Å². The van der Waals surface area contributed by atoms with Gasteiger partial charge in [0.25, 0.3) is 0 Å². The van der Waals surface area contributed by atoms with Crippen LogP contribution in [0.2, 0.25) is 5.02 Å². The molecule has 0 amide bonds. The Hall–Kier alpha value is -1.06. The number of halogens is 1. The number of Topliss-reactive ketones (excluding diaryl/α,β-unsaturated/α-hetero) is 1. The van der Waals surface area contributed by atoms with E-state index in [4.69, 9.17) is 16.7 Å². The molecule has 2 N–H and O–H groups in total. The molecule has 16 heavy (non-hydrogen) atoms. The molecular formula is C12H15ClO3. The highest BCUT2D eigenvalue weighted by atomic mass is 35.5. The number of ketones is 1. The minimum Gasteiger partial charge on any atom is -0.507 e. The SMILES string of the molecule is Cc1c(C)c(C(=O)CCO)c(Cl)c(C)c1O. The molecule has 0 aliphatic rings. The van der Waals surface area contributed by atoms with Crippen LogP contribution in [0.5, 0.6) is 5.75 Å². The number of hydrogen-bond acceptors (Lipinski definition) is 3. The van der Waals surface area contributed by atoms with E-state index in [9.17, 15) is 9.90 Å². The lowest BCUT2D eigenvalue weighted by molar-refractivity contribution is 0.0956. The normalized spacial score (nSPS) is 10.6. The number of hydrogen-bond donors (Lipinski definition) is 2. The Kier molecular flexibility index (Phi) is 3.94. The van der Waals surface area contributed by atoms with E-state index in [0.717, 1.165) is 0 Å². The van der Waals surface area contributed by atoms with Gasteiger partial charge >= 0.3 is 0 Å². The maximum Gasteiger partial charge on any atom is 0.166 e. The minimum absolute atomic E-state index is 0.0458. The lowest BCUT2D eigenvalue weighted by Gasteiger charge is -2.14. The lowest BCUT2D eigenvalue weighted by atomic mass is 9.95. The van der Waals surface area contributed by atoms with Gasteiger partial charge < -0.3 is 10.2 Å². The number of phenolic OH excluding ortho intramolecular Hbond substituents is 1. The first-order valence-electron chi connectivity index (χ1n) is 5.04. The van der Waals surface area contributed by atoms with E-state index in [2.05, 4.69) is 0 Å². The predicted octanol–water partition coefficient (Wildman–Crippen LogP) is 2.54. The highest BCUT2D eigenvalue weighted by Crippen LogP contribution is 2.35. The molecular weight excluding hydrogens is 228 g/mol. The van der Waals surface area contributed by atoms with Crippen molar-refractivity contribution in [3.63, 3.8) is 0 Å². The van der Waals surface area contributed by atoms with Gasteiger partial charge in [-0.2, -0.15) is 0 Å². The molecule has 0 aromatic heterocycles. The van der Waals surface area contributed by atoms with Crippen LogP contribution in [-0.2, 0) is 0 Å². The number of rotatable bonds is 3. The van der Waals surface area contributed by atoms with Gasteiger partial charge in [-0.25, -0.2) is 0 Å². The quantitative estimate of drug-likeness (QED) is 0.801. The number of carbonyl (C=O) groups is 1. The topological polar surface area (TPSA) is 57.5 Å². The van der Waals surface area contributed by atoms with Gasteiger partial charge in [0, 0.05) is 17.5 Å². The Bertz CT molecular complexity index is 409. The molecule has 0 saturated carbocycles. The summed E-state index contributed by atoms with van der Waals surface area (Å²) in [6.07, 6.45) is 0.0458. The van der Waals surface area contributed by atoms with Gasteiger partial charge in [-0.1, -0.05) is 11.6 Å². The van der Waals surface area contributed by atoms with Gasteiger partial charge in [0.05, 0.1) is 11.6 Å². The van der Waals surface area contributed by atoms with E-state index < -0.39 is 0 Å². The first kappa shape index (κ1) is 13.0. The summed E-state index contributed by atoms with van der Waals surface area (Å²) in [5.74, 6) is -0.0701. The second kappa shape index (κ2) is 4.85. The van der Waals surface area contributed by atoms with Crippen molar-refractivity contribution in [2.24, 2.45) is 0 Å². The molecule has 0 spiro atoms. The van der Waals surface area contributed by atoms with Gasteiger partial charge in [0.1, 0.15) is 5.75 Å². The standard InChI is InChI=1S/C12H15ClO3/c1-6-7(2)12(16)8(3)11(13)10(6)9(15)4-5-14/h14,16H,4-5H2,1-3H3. The number of carbonyl (C=O) groups excluding carboxylic acids is 1. The number of aliphatic hydroxyl groups is 1. The third-order valence-electron chi connectivity index (χ3n) is 2.81. The van der Waals surface area contributed by atoms with Gasteiger partial charge in [0.2, 0.25) is 0 Å². The smallest absolute Gasteiger partial charge is 0.166 e. The molecule has 0 bridgehead atoms. The molecule has 4 heteroatoms. The van der Waals surface area contributed by atoms with E-state index in [0.29, 0.717) is 22.3 Å². The maximum absolute atomic E-state index is 11.8. The lowest BCUT2D eigenvalue weighted by Crippen LogP contribution is -2.07. The molecule has 3 nitrogen and oxygen atoms in total. The van der Waals surface area contributed by atoms with Crippen molar-refractivity contribution in [1.29, 1.82) is 0 Å². The van der Waals surface area contributed by atoms with Crippen molar-refractivity contribution in [1.82, 2.24) is 0 Å². The molecule has 0 fully saturated rings. The molecule has 0 unspecified atom stereocenters. The van der Waals surface area contributed by atoms with Crippen LogP contribution in [0.25, 0.3) is 0 Å². The number of aromatic hydroxyl groups is 1. The first-order valence-corrected chi connectivity index (χ1v) is 5.41. The zero-order valence-corrected chi connectivity index (χ0v) is 10.4. The molecule has 0 aliphatic carbocycles. The van der Waals surface area contributed by atoms with Crippen LogP contribution >= 0.6 is 11.6 Å². The molecule has 1 aromatic carbocycles. The van der Waals surface area contributed by atoms with Crippen molar-refractivity contribution in [2.75, 3.05) is 6.61 Å². The third kappa shape index (κ3) is 2.06. The number of phenols is 1. The molecule has 0 aliphatic heterocycles. The van der Waals surface area contributed by atoms with E-state index in [-0.39, 0.29) is 29.6 Å². The third-order valence-corrected chi connectivity index (χ3v) is 3.29. The summed E-state index contributed by atoms with van der Waals surface area (Å²) < 4.78 is 0. The van der Waals surface area contributed by atoms with Crippen LogP contribution in [0.3, 0.4) is 0 Å². The van der Waals surface area contributed by atoms with Crippen molar-refractivity contribution < 1.29 is 15.0 Å². The monoisotopic (exact) mass is 242 g/mol. The Labute approximate surface area is 99.7 Å². The van der Waals surface area contributed by atoms with Gasteiger partial charge in [-0.15, -0.1) is 0 Å². The molecule has 1 aromatic rings. The summed E-state index contributed by atoms with van der Waals surface area (Å²) in [6.45, 7) is 4.95. The summed E-state index contributed by atoms with van der Waals surface area (Å²) >= 11 is 6.04. The average Bonchev–Trinajstić information content (AvgIpc) is 2.24. The van der Waals surface area contributed by atoms with Gasteiger partial charge in [0.15, 0.2) is 5.78 Å². The number of benzene rings is 1. The van der Waals surface area contributed by atoms with E-state index >= 15 is 0 Å². The van der Waals surface area contributed by atoms with Crippen LogP contribution in [-0.4, -0.2) is 22.6 Å². The second-order valence-corrected chi connectivity index (χ2v) is 4.19. The van der Waals surface area contributed by atoms with Gasteiger partial charge in [-0.05, 0) is 31.9 Å². The van der Waals surface area contributed by atoms with Crippen molar-refractivity contribution in [3.05, 3.63) is 27.3 Å². The zero-order chi connectivity index (χ0) is 12.5. The fourth-order valence-electron chi connectivity index (χ4n) is 1.66. The second-order valence-electron chi connectivity index (χ2n) is 3.81. The largest absolute Gasteiger partial charge is 0.507 e. The minimum atomic E-state index is -0.201. The van der Waals surface area contributed by atoms with Crippen molar-refractivity contribution in [3.8, 4) is 5.75 Å². The molecule has 0 atom stereocenters. The van der Waals surface area contributed by atoms with E-state index in [1.165, 1.54) is 0 Å². The highest BCUT2D eigenvalue weighted by molar-refractivity contribution is 6.35. The zero-order valence-electron chi connectivity index (χ0n) is 9.59. The summed E-state index contributed by atoms with van der Waals surface area (Å²) in [5.41, 5.74) is 2.24. The highest BCUT2D eigenvalue weighted by Gasteiger charge is 2.20. The van der Waals surface area contributed by atoms with Gasteiger partial charge in [-0.3, -0.25) is 4.79 Å². The van der Waals surface area contributed by atoms with Crippen LogP contribution < -0.4 is 0 Å². The first-order chi connectivity index (χ1) is 7.41. The Morgan fingerprint density at radius 2 is 1.75 bits per heavy atom. The maximum atomic E-state index is 11.8. The predicted molar refractivity (Wildman–Crippen MR) is 63.4 cm³/mol. The van der Waals surface area contributed by atoms with Crippen molar-refractivity contribution >= 4 is 17.4 Å². The molecule has 88 valence electrons. The number of aliphatic hydroxyl groups excluding tert-OH is 1. The molecule has 0 saturated heterocycles. The average molecular weight is 243 g/mol. The summed E-state index contributed by atoms with van der Waals surface area (Å²) in [7, 11) is 0. The Morgan fingerprint density at radius 3 is 2.25 bits per heavy atom. The van der Waals surface area contributed by atoms with E-state index in [1.54, 1.807) is 20.8 Å². The summed E-state index contributed by atoms with van der Waals surface area (Å²) in [5, 5.41) is 18.8. The Morgan fingerprint density at radius 1 is 1.19 bits per heavy atom. The molecule has 1 rings (SSSR count). The van der Waals surface area contributed by atoms with E-state index in [1.807, 2.05) is 0 Å². The summed E-state index contributed by atoms with van der Waals surface area (Å²) in [4.78, 5) is 11.8. The molecule has 0 radical (unpaired) electrons. The van der Waals surface area contributed by atoms with Crippen LogP contribution in [0.1, 0.15) is 33.5 Å².